The molecule has 0 saturated carbocycles. The maximum Gasteiger partial charge on any atom is 0.223 e. The third kappa shape index (κ3) is 5.34. The molecule has 2 rings (SSSR count). The van der Waals surface area contributed by atoms with Crippen molar-refractivity contribution in [2.45, 2.75) is 26.7 Å². The fraction of sp³-hybridized carbons (Fsp3) is 0.333. The summed E-state index contributed by atoms with van der Waals surface area (Å²) >= 11 is 0. The molecule has 5 nitrogen and oxygen atoms in total. The lowest BCUT2D eigenvalue weighted by Crippen LogP contribution is -2.34. The number of carbonyl (C=O) groups is 2. The molecule has 0 aliphatic heterocycles. The van der Waals surface area contributed by atoms with E-state index in [0.717, 1.165) is 22.6 Å². The van der Waals surface area contributed by atoms with Gasteiger partial charge in [0, 0.05) is 32.1 Å². The van der Waals surface area contributed by atoms with Crippen LogP contribution < -0.4 is 15.0 Å². The molecular weight excluding hydrogens is 328 g/mol. The summed E-state index contributed by atoms with van der Waals surface area (Å²) in [6.07, 6.45) is 0.962. The minimum atomic E-state index is -0.0697. The number of nitrogens with zero attached hydrogens (tertiary/aromatic N) is 1. The van der Waals surface area contributed by atoms with Gasteiger partial charge in [0.2, 0.25) is 11.8 Å². The summed E-state index contributed by atoms with van der Waals surface area (Å²) < 4.78 is 5.31. The van der Waals surface area contributed by atoms with Crippen LogP contribution in [0.4, 0.5) is 5.69 Å². The van der Waals surface area contributed by atoms with Crippen LogP contribution in [0.2, 0.25) is 0 Å². The van der Waals surface area contributed by atoms with Crippen LogP contribution in [0, 0.1) is 6.92 Å². The minimum Gasteiger partial charge on any atom is -0.496 e. The van der Waals surface area contributed by atoms with Crippen molar-refractivity contribution in [1.29, 1.82) is 0 Å². The Bertz CT molecular complexity index is 758. The molecule has 0 heterocycles. The van der Waals surface area contributed by atoms with E-state index in [1.54, 1.807) is 12.0 Å². The summed E-state index contributed by atoms with van der Waals surface area (Å²) in [5, 5.41) is 2.91. The molecular formula is C21H26N2O3. The van der Waals surface area contributed by atoms with Crippen molar-refractivity contribution in [3.63, 3.8) is 0 Å². The number of aryl methyl sites for hydroxylation is 1. The Balaban J connectivity index is 1.85. The number of ether oxygens (including phenoxy) is 1. The third-order valence-corrected chi connectivity index (χ3v) is 4.26. The van der Waals surface area contributed by atoms with Crippen molar-refractivity contribution >= 4 is 17.5 Å². The Hall–Kier alpha value is -2.82. The van der Waals surface area contributed by atoms with Crippen LogP contribution in [-0.2, 0) is 16.0 Å². The SMILES string of the molecule is COc1ccccc1CCNC(=O)CCN(C(C)=O)c1ccccc1C. The van der Waals surface area contributed by atoms with Crippen LogP contribution in [-0.4, -0.2) is 32.0 Å². The Kier molecular flexibility index (Phi) is 7.21. The van der Waals surface area contributed by atoms with Gasteiger partial charge < -0.3 is 15.0 Å². The molecule has 0 fully saturated rings. The monoisotopic (exact) mass is 354 g/mol. The lowest BCUT2D eigenvalue weighted by atomic mass is 10.1. The molecule has 1 N–H and O–H groups in total. The second kappa shape index (κ2) is 9.61. The van der Waals surface area contributed by atoms with E-state index in [4.69, 9.17) is 4.74 Å². The van der Waals surface area contributed by atoms with Crippen LogP contribution >= 0.6 is 0 Å². The fourth-order valence-electron chi connectivity index (χ4n) is 2.86. The number of hydrogen-bond acceptors (Lipinski definition) is 3. The molecule has 0 unspecified atom stereocenters. The highest BCUT2D eigenvalue weighted by Crippen LogP contribution is 2.20. The van der Waals surface area contributed by atoms with Crippen molar-refractivity contribution in [2.24, 2.45) is 0 Å². The first-order valence-corrected chi connectivity index (χ1v) is 8.75. The molecule has 5 heteroatoms. The molecule has 0 aliphatic carbocycles. The maximum atomic E-state index is 12.2. The van der Waals surface area contributed by atoms with Gasteiger partial charge in [0.1, 0.15) is 5.75 Å². The summed E-state index contributed by atoms with van der Waals surface area (Å²) in [4.78, 5) is 25.8. The highest BCUT2D eigenvalue weighted by Gasteiger charge is 2.15. The number of methoxy groups -OCH3 is 1. The first-order chi connectivity index (χ1) is 12.5. The van der Waals surface area contributed by atoms with Gasteiger partial charge in [-0.15, -0.1) is 0 Å². The first kappa shape index (κ1) is 19.5. The van der Waals surface area contributed by atoms with Gasteiger partial charge in [-0.3, -0.25) is 9.59 Å². The molecule has 0 aromatic heterocycles. The van der Waals surface area contributed by atoms with Crippen LogP contribution in [0.3, 0.4) is 0 Å². The van der Waals surface area contributed by atoms with Gasteiger partial charge in [-0.2, -0.15) is 0 Å². The Labute approximate surface area is 155 Å². The van der Waals surface area contributed by atoms with E-state index in [9.17, 15) is 9.59 Å². The molecule has 0 spiro atoms. The molecule has 2 aromatic carbocycles. The zero-order valence-corrected chi connectivity index (χ0v) is 15.6. The number of para-hydroxylation sites is 2. The summed E-state index contributed by atoms with van der Waals surface area (Å²) in [6, 6.07) is 15.4. The van der Waals surface area contributed by atoms with Crippen LogP contribution in [0.5, 0.6) is 5.75 Å². The topological polar surface area (TPSA) is 58.6 Å². The molecule has 0 bridgehead atoms. The van der Waals surface area contributed by atoms with E-state index in [1.807, 2.05) is 55.5 Å². The lowest BCUT2D eigenvalue weighted by Gasteiger charge is -2.22. The van der Waals surface area contributed by atoms with Gasteiger partial charge in [-0.05, 0) is 36.6 Å². The average Bonchev–Trinajstić information content (AvgIpc) is 2.63. The number of hydrogen-bond donors (Lipinski definition) is 1. The average molecular weight is 354 g/mol. The largest absolute Gasteiger partial charge is 0.496 e. The van der Waals surface area contributed by atoms with Gasteiger partial charge in [-0.1, -0.05) is 36.4 Å². The number of nitrogens with one attached hydrogen (secondary N) is 1. The van der Waals surface area contributed by atoms with E-state index in [-0.39, 0.29) is 18.2 Å². The Morgan fingerprint density at radius 3 is 2.46 bits per heavy atom. The molecule has 2 amide bonds. The van der Waals surface area contributed by atoms with Crippen molar-refractivity contribution in [3.8, 4) is 5.75 Å². The van der Waals surface area contributed by atoms with Crippen LogP contribution in [0.25, 0.3) is 0 Å². The van der Waals surface area contributed by atoms with E-state index in [2.05, 4.69) is 5.32 Å². The second-order valence-corrected chi connectivity index (χ2v) is 6.12. The van der Waals surface area contributed by atoms with Crippen molar-refractivity contribution in [1.82, 2.24) is 5.32 Å². The minimum absolute atomic E-state index is 0.0684. The number of amides is 2. The standard InChI is InChI=1S/C21H26N2O3/c1-16-8-4-6-10-19(16)23(17(2)24)15-13-21(25)22-14-12-18-9-5-7-11-20(18)26-3/h4-11H,12-15H2,1-3H3,(H,22,25). The van der Waals surface area contributed by atoms with E-state index < -0.39 is 0 Å². The predicted octanol–water partition coefficient (Wildman–Crippen LogP) is 3.11. The van der Waals surface area contributed by atoms with E-state index >= 15 is 0 Å². The third-order valence-electron chi connectivity index (χ3n) is 4.26. The first-order valence-electron chi connectivity index (χ1n) is 8.75. The summed E-state index contributed by atoms with van der Waals surface area (Å²) in [5.74, 6) is 0.685. The number of anilines is 1. The van der Waals surface area contributed by atoms with Gasteiger partial charge in [0.05, 0.1) is 7.11 Å². The van der Waals surface area contributed by atoms with Crippen LogP contribution in [0.1, 0.15) is 24.5 Å². The van der Waals surface area contributed by atoms with E-state index in [0.29, 0.717) is 19.5 Å². The highest BCUT2D eigenvalue weighted by atomic mass is 16.5. The van der Waals surface area contributed by atoms with Crippen LogP contribution in [0.15, 0.2) is 48.5 Å². The highest BCUT2D eigenvalue weighted by molar-refractivity contribution is 5.93. The number of carbonyl (C=O) groups excluding carboxylic acids is 2. The molecule has 0 radical (unpaired) electrons. The van der Waals surface area contributed by atoms with Crippen molar-refractivity contribution in [2.75, 3.05) is 25.1 Å². The van der Waals surface area contributed by atoms with E-state index in [1.165, 1.54) is 6.92 Å². The number of benzene rings is 2. The molecule has 26 heavy (non-hydrogen) atoms. The van der Waals surface area contributed by atoms with Crippen molar-refractivity contribution < 1.29 is 14.3 Å². The molecule has 0 saturated heterocycles. The predicted molar refractivity (Wildman–Crippen MR) is 104 cm³/mol. The van der Waals surface area contributed by atoms with Gasteiger partial charge in [0.25, 0.3) is 0 Å². The number of rotatable bonds is 8. The molecule has 0 atom stereocenters. The quantitative estimate of drug-likeness (QED) is 0.792. The summed E-state index contributed by atoms with van der Waals surface area (Å²) in [7, 11) is 1.64. The Morgan fingerprint density at radius 2 is 1.77 bits per heavy atom. The van der Waals surface area contributed by atoms with Gasteiger partial charge in [-0.25, -0.2) is 0 Å². The summed E-state index contributed by atoms with van der Waals surface area (Å²) in [5.41, 5.74) is 2.92. The zero-order valence-electron chi connectivity index (χ0n) is 15.6. The fourth-order valence-corrected chi connectivity index (χ4v) is 2.86. The summed E-state index contributed by atoms with van der Waals surface area (Å²) in [6.45, 7) is 4.37. The molecule has 0 aliphatic rings. The molecule has 138 valence electrons. The van der Waals surface area contributed by atoms with Crippen molar-refractivity contribution in [3.05, 3.63) is 59.7 Å². The Morgan fingerprint density at radius 1 is 1.08 bits per heavy atom. The molecule has 2 aromatic rings. The zero-order chi connectivity index (χ0) is 18.9. The smallest absolute Gasteiger partial charge is 0.223 e. The second-order valence-electron chi connectivity index (χ2n) is 6.12. The normalized spacial score (nSPS) is 10.3. The van der Waals surface area contributed by atoms with Gasteiger partial charge in [0.15, 0.2) is 0 Å². The lowest BCUT2D eigenvalue weighted by molar-refractivity contribution is -0.121. The maximum absolute atomic E-state index is 12.2. The van der Waals surface area contributed by atoms with Gasteiger partial charge >= 0.3 is 0 Å².